The van der Waals surface area contributed by atoms with E-state index in [-0.39, 0.29) is 36.2 Å². The Bertz CT molecular complexity index is 302. The van der Waals surface area contributed by atoms with Crippen molar-refractivity contribution in [3.05, 3.63) is 0 Å². The number of carbonyl (C=O) groups is 2. The lowest BCUT2D eigenvalue weighted by Crippen LogP contribution is -2.54. The van der Waals surface area contributed by atoms with Crippen molar-refractivity contribution in [2.75, 3.05) is 13.1 Å². The van der Waals surface area contributed by atoms with Crippen LogP contribution in [0.15, 0.2) is 0 Å². The standard InChI is InChI=1S/C12H21N3O2.ClH/c1-8-10(3-2-6-13-8)15-12(17)9-4-5-11(16)14-7-9;/h8-10,13H,2-7H2,1H3,(H,14,16)(H,15,17);1H. The molecule has 0 aromatic rings. The third-order valence-corrected chi connectivity index (χ3v) is 3.73. The van der Waals surface area contributed by atoms with Gasteiger partial charge in [0, 0.05) is 25.0 Å². The maximum atomic E-state index is 12.0. The van der Waals surface area contributed by atoms with Crippen LogP contribution in [-0.2, 0) is 9.59 Å². The van der Waals surface area contributed by atoms with Crippen molar-refractivity contribution in [1.82, 2.24) is 16.0 Å². The summed E-state index contributed by atoms with van der Waals surface area (Å²) in [5.74, 6) is 0.0918. The average Bonchev–Trinajstić information content (AvgIpc) is 2.33. The molecule has 3 N–H and O–H groups in total. The van der Waals surface area contributed by atoms with Gasteiger partial charge in [0.2, 0.25) is 11.8 Å². The highest BCUT2D eigenvalue weighted by molar-refractivity contribution is 5.85. The number of nitrogens with one attached hydrogen (secondary N) is 3. The monoisotopic (exact) mass is 275 g/mol. The van der Waals surface area contributed by atoms with E-state index in [0.29, 0.717) is 25.4 Å². The summed E-state index contributed by atoms with van der Waals surface area (Å²) < 4.78 is 0. The number of carbonyl (C=O) groups excluding carboxylic acids is 2. The van der Waals surface area contributed by atoms with Crippen LogP contribution in [0.2, 0.25) is 0 Å². The summed E-state index contributed by atoms with van der Waals surface area (Å²) in [5.41, 5.74) is 0. The summed E-state index contributed by atoms with van der Waals surface area (Å²) in [6, 6.07) is 0.569. The summed E-state index contributed by atoms with van der Waals surface area (Å²) in [4.78, 5) is 23.0. The van der Waals surface area contributed by atoms with Gasteiger partial charge >= 0.3 is 0 Å². The van der Waals surface area contributed by atoms with Crippen LogP contribution in [0, 0.1) is 5.92 Å². The molecule has 2 aliphatic rings. The van der Waals surface area contributed by atoms with Gasteiger partial charge < -0.3 is 16.0 Å². The molecule has 2 rings (SSSR count). The van der Waals surface area contributed by atoms with Gasteiger partial charge in [0.1, 0.15) is 0 Å². The largest absolute Gasteiger partial charge is 0.355 e. The van der Waals surface area contributed by atoms with Crippen LogP contribution in [0.1, 0.15) is 32.6 Å². The minimum atomic E-state index is -0.0539. The predicted molar refractivity (Wildman–Crippen MR) is 71.6 cm³/mol. The Hall–Kier alpha value is -0.810. The lowest BCUT2D eigenvalue weighted by molar-refractivity contribution is -0.129. The second kappa shape index (κ2) is 6.95. The maximum absolute atomic E-state index is 12.0. The highest BCUT2D eigenvalue weighted by Gasteiger charge is 2.28. The Morgan fingerprint density at radius 2 is 2.17 bits per heavy atom. The van der Waals surface area contributed by atoms with Crippen molar-refractivity contribution < 1.29 is 9.59 Å². The lowest BCUT2D eigenvalue weighted by Gasteiger charge is -2.32. The molecule has 2 aliphatic heterocycles. The predicted octanol–water partition coefficient (Wildman–Crippen LogP) is 0.191. The van der Waals surface area contributed by atoms with Crippen molar-refractivity contribution in [2.45, 2.75) is 44.7 Å². The molecule has 3 unspecified atom stereocenters. The van der Waals surface area contributed by atoms with E-state index < -0.39 is 0 Å². The molecule has 0 saturated carbocycles. The molecule has 0 aromatic heterocycles. The van der Waals surface area contributed by atoms with E-state index in [4.69, 9.17) is 0 Å². The van der Waals surface area contributed by atoms with Gasteiger partial charge in [0.05, 0.1) is 5.92 Å². The molecule has 104 valence electrons. The first-order valence-electron chi connectivity index (χ1n) is 6.47. The fraction of sp³-hybridized carbons (Fsp3) is 0.833. The van der Waals surface area contributed by atoms with E-state index in [1.54, 1.807) is 0 Å². The summed E-state index contributed by atoms with van der Waals surface area (Å²) in [6.07, 6.45) is 3.29. The van der Waals surface area contributed by atoms with Gasteiger partial charge in [-0.25, -0.2) is 0 Å². The molecule has 18 heavy (non-hydrogen) atoms. The van der Waals surface area contributed by atoms with Gasteiger partial charge in [-0.2, -0.15) is 0 Å². The first kappa shape index (κ1) is 15.2. The number of piperidine rings is 2. The van der Waals surface area contributed by atoms with Crippen LogP contribution >= 0.6 is 12.4 Å². The third-order valence-electron chi connectivity index (χ3n) is 3.73. The minimum absolute atomic E-state index is 0. The second-order valence-corrected chi connectivity index (χ2v) is 5.04. The van der Waals surface area contributed by atoms with Crippen molar-refractivity contribution in [1.29, 1.82) is 0 Å². The quantitative estimate of drug-likeness (QED) is 0.674. The van der Waals surface area contributed by atoms with E-state index in [1.807, 2.05) is 0 Å². The first-order valence-corrected chi connectivity index (χ1v) is 6.47. The molecule has 0 aliphatic carbocycles. The lowest BCUT2D eigenvalue weighted by atomic mass is 9.95. The van der Waals surface area contributed by atoms with Crippen LogP contribution in [0.25, 0.3) is 0 Å². The fourth-order valence-corrected chi connectivity index (χ4v) is 2.50. The zero-order valence-electron chi connectivity index (χ0n) is 10.7. The van der Waals surface area contributed by atoms with Crippen LogP contribution in [0.3, 0.4) is 0 Å². The van der Waals surface area contributed by atoms with Crippen molar-refractivity contribution in [3.63, 3.8) is 0 Å². The third kappa shape index (κ3) is 3.85. The van der Waals surface area contributed by atoms with Crippen LogP contribution in [0.4, 0.5) is 0 Å². The van der Waals surface area contributed by atoms with Crippen LogP contribution in [0.5, 0.6) is 0 Å². The zero-order chi connectivity index (χ0) is 12.3. The Morgan fingerprint density at radius 1 is 1.39 bits per heavy atom. The Morgan fingerprint density at radius 3 is 2.78 bits per heavy atom. The Balaban J connectivity index is 0.00000162. The molecular weight excluding hydrogens is 254 g/mol. The van der Waals surface area contributed by atoms with Crippen LogP contribution in [-0.4, -0.2) is 37.0 Å². The molecule has 2 amide bonds. The highest BCUT2D eigenvalue weighted by Crippen LogP contribution is 2.13. The smallest absolute Gasteiger partial charge is 0.225 e. The summed E-state index contributed by atoms with van der Waals surface area (Å²) in [5, 5.41) is 9.21. The Kier molecular flexibility index (Phi) is 5.88. The molecule has 0 aromatic carbocycles. The average molecular weight is 276 g/mol. The molecule has 0 spiro atoms. The molecule has 2 saturated heterocycles. The van der Waals surface area contributed by atoms with Crippen molar-refractivity contribution in [3.8, 4) is 0 Å². The highest BCUT2D eigenvalue weighted by atomic mass is 35.5. The van der Waals surface area contributed by atoms with E-state index in [1.165, 1.54) is 0 Å². The van der Waals surface area contributed by atoms with E-state index in [0.717, 1.165) is 19.4 Å². The summed E-state index contributed by atoms with van der Waals surface area (Å²) in [6.45, 7) is 3.62. The van der Waals surface area contributed by atoms with Gasteiger partial charge in [-0.15, -0.1) is 12.4 Å². The molecule has 2 heterocycles. The number of halogens is 1. The van der Waals surface area contributed by atoms with Gasteiger partial charge in [-0.1, -0.05) is 0 Å². The number of rotatable bonds is 2. The molecule has 0 radical (unpaired) electrons. The zero-order valence-corrected chi connectivity index (χ0v) is 11.5. The van der Waals surface area contributed by atoms with E-state index >= 15 is 0 Å². The maximum Gasteiger partial charge on any atom is 0.225 e. The van der Waals surface area contributed by atoms with Gasteiger partial charge in [-0.05, 0) is 32.7 Å². The SMILES string of the molecule is CC1NCCCC1NC(=O)C1CCC(=O)NC1.Cl. The minimum Gasteiger partial charge on any atom is -0.355 e. The first-order chi connectivity index (χ1) is 8.16. The van der Waals surface area contributed by atoms with E-state index in [2.05, 4.69) is 22.9 Å². The Labute approximate surface area is 114 Å². The number of hydrogen-bond acceptors (Lipinski definition) is 3. The molecule has 5 nitrogen and oxygen atoms in total. The number of hydrogen-bond donors (Lipinski definition) is 3. The second-order valence-electron chi connectivity index (χ2n) is 5.04. The van der Waals surface area contributed by atoms with Gasteiger partial charge in [-0.3, -0.25) is 9.59 Å². The summed E-state index contributed by atoms with van der Waals surface area (Å²) >= 11 is 0. The number of amides is 2. The van der Waals surface area contributed by atoms with Crippen LogP contribution < -0.4 is 16.0 Å². The topological polar surface area (TPSA) is 70.2 Å². The molecule has 0 bridgehead atoms. The van der Waals surface area contributed by atoms with Crippen molar-refractivity contribution >= 4 is 24.2 Å². The molecule has 6 heteroatoms. The van der Waals surface area contributed by atoms with Gasteiger partial charge in [0.15, 0.2) is 0 Å². The molecule has 3 atom stereocenters. The normalized spacial score (nSPS) is 32.1. The van der Waals surface area contributed by atoms with Gasteiger partial charge in [0.25, 0.3) is 0 Å². The molecular formula is C12H22ClN3O2. The fourth-order valence-electron chi connectivity index (χ4n) is 2.50. The molecule has 2 fully saturated rings. The van der Waals surface area contributed by atoms with E-state index in [9.17, 15) is 9.59 Å². The summed E-state index contributed by atoms with van der Waals surface area (Å²) in [7, 11) is 0. The van der Waals surface area contributed by atoms with Crippen molar-refractivity contribution in [2.24, 2.45) is 5.92 Å².